The second kappa shape index (κ2) is 6.87. The third kappa shape index (κ3) is 4.13. The molecule has 4 heteroatoms. The Labute approximate surface area is 91.2 Å². The average Bonchev–Trinajstić information content (AvgIpc) is 2.52. The van der Waals surface area contributed by atoms with E-state index in [4.69, 9.17) is 15.9 Å². The first-order valence-electron chi connectivity index (χ1n) is 4.76. The Morgan fingerprint density at radius 3 is 2.57 bits per heavy atom. The topological polar surface area (TPSA) is 65.2 Å². The van der Waals surface area contributed by atoms with Gasteiger partial charge in [0.2, 0.25) is 0 Å². The van der Waals surface area contributed by atoms with E-state index in [9.17, 15) is 0 Å². The van der Waals surface area contributed by atoms with Gasteiger partial charge in [0.1, 0.15) is 11.5 Å². The van der Waals surface area contributed by atoms with E-state index in [2.05, 4.69) is 0 Å². The number of rotatable bonds is 5. The van der Waals surface area contributed by atoms with Gasteiger partial charge in [0, 0.05) is 0 Å². The van der Waals surface area contributed by atoms with Crippen LogP contribution in [0.5, 0.6) is 0 Å². The van der Waals surface area contributed by atoms with E-state index in [0.717, 1.165) is 37.3 Å². The molecule has 0 spiro atoms. The number of unbranched alkanes of at least 4 members (excludes halogenated alkanes) is 1. The monoisotopic (exact) mass is 218 g/mol. The van der Waals surface area contributed by atoms with Gasteiger partial charge in [0.25, 0.3) is 0 Å². The molecule has 1 aromatic rings. The van der Waals surface area contributed by atoms with Crippen LogP contribution in [0.15, 0.2) is 16.5 Å². The highest BCUT2D eigenvalue weighted by Gasteiger charge is 2.08. The molecule has 0 saturated carbocycles. The van der Waals surface area contributed by atoms with Crippen LogP contribution in [0.1, 0.15) is 36.8 Å². The second-order valence-corrected chi connectivity index (χ2v) is 3.34. The molecule has 0 saturated heterocycles. The third-order valence-electron chi connectivity index (χ3n) is 2.10. The van der Waals surface area contributed by atoms with E-state index < -0.39 is 0 Å². The van der Waals surface area contributed by atoms with Gasteiger partial charge in [-0.25, -0.2) is 0 Å². The highest BCUT2D eigenvalue weighted by Crippen LogP contribution is 2.18. The van der Waals surface area contributed by atoms with Gasteiger partial charge in [0.05, 0.1) is 6.04 Å². The minimum absolute atomic E-state index is 0. The van der Waals surface area contributed by atoms with Crippen molar-refractivity contribution in [1.29, 1.82) is 0 Å². The molecule has 1 atom stereocenters. The van der Waals surface area contributed by atoms with Crippen LogP contribution in [0.4, 0.5) is 0 Å². The van der Waals surface area contributed by atoms with E-state index in [0.29, 0.717) is 0 Å². The summed E-state index contributed by atoms with van der Waals surface area (Å²) < 4.78 is 5.42. The summed E-state index contributed by atoms with van der Waals surface area (Å²) in [6.07, 6.45) is 3.05. The highest BCUT2D eigenvalue weighted by atomic mass is 35.5. The quantitative estimate of drug-likeness (QED) is 0.745. The molecule has 3 nitrogen and oxygen atoms in total. The SMILES string of the molecule is Cc1ccc([C@@H](N)CCCCN)o1.Cl. The summed E-state index contributed by atoms with van der Waals surface area (Å²) in [7, 11) is 0. The minimum Gasteiger partial charge on any atom is -0.465 e. The lowest BCUT2D eigenvalue weighted by Gasteiger charge is -2.07. The number of hydrogen-bond acceptors (Lipinski definition) is 3. The van der Waals surface area contributed by atoms with E-state index in [-0.39, 0.29) is 18.4 Å². The Kier molecular flexibility index (Phi) is 6.62. The van der Waals surface area contributed by atoms with Gasteiger partial charge in [-0.3, -0.25) is 0 Å². The molecule has 0 aliphatic carbocycles. The van der Waals surface area contributed by atoms with E-state index in [1.54, 1.807) is 0 Å². The number of halogens is 1. The van der Waals surface area contributed by atoms with Crippen molar-refractivity contribution < 1.29 is 4.42 Å². The summed E-state index contributed by atoms with van der Waals surface area (Å²) in [5.74, 6) is 1.80. The fourth-order valence-electron chi connectivity index (χ4n) is 1.30. The first kappa shape index (κ1) is 13.5. The molecule has 0 amide bonds. The second-order valence-electron chi connectivity index (χ2n) is 3.34. The number of hydrogen-bond donors (Lipinski definition) is 2. The van der Waals surface area contributed by atoms with E-state index in [1.165, 1.54) is 0 Å². The fraction of sp³-hybridized carbons (Fsp3) is 0.600. The normalized spacial score (nSPS) is 12.2. The first-order valence-corrected chi connectivity index (χ1v) is 4.76. The lowest BCUT2D eigenvalue weighted by Crippen LogP contribution is -2.10. The van der Waals surface area contributed by atoms with Crippen LogP contribution in [-0.4, -0.2) is 6.54 Å². The summed E-state index contributed by atoms with van der Waals surface area (Å²) in [5, 5.41) is 0. The van der Waals surface area contributed by atoms with Crippen molar-refractivity contribution in [2.24, 2.45) is 11.5 Å². The van der Waals surface area contributed by atoms with Crippen molar-refractivity contribution in [2.45, 2.75) is 32.2 Å². The van der Waals surface area contributed by atoms with Gasteiger partial charge >= 0.3 is 0 Å². The van der Waals surface area contributed by atoms with Crippen LogP contribution in [0, 0.1) is 6.92 Å². The largest absolute Gasteiger partial charge is 0.465 e. The van der Waals surface area contributed by atoms with Crippen LogP contribution in [0.2, 0.25) is 0 Å². The van der Waals surface area contributed by atoms with Crippen LogP contribution < -0.4 is 11.5 Å². The molecule has 82 valence electrons. The van der Waals surface area contributed by atoms with Crippen molar-refractivity contribution in [1.82, 2.24) is 0 Å². The van der Waals surface area contributed by atoms with Gasteiger partial charge in [0.15, 0.2) is 0 Å². The maximum Gasteiger partial charge on any atom is 0.120 e. The Bertz CT molecular complexity index is 250. The summed E-state index contributed by atoms with van der Waals surface area (Å²) in [6, 6.07) is 3.92. The van der Waals surface area contributed by atoms with Crippen LogP contribution in [0.3, 0.4) is 0 Å². The minimum atomic E-state index is 0. The predicted octanol–water partition coefficient (Wildman–Crippen LogP) is 2.14. The summed E-state index contributed by atoms with van der Waals surface area (Å²) in [6.45, 7) is 2.67. The van der Waals surface area contributed by atoms with Crippen LogP contribution >= 0.6 is 12.4 Å². The zero-order valence-electron chi connectivity index (χ0n) is 8.53. The molecule has 0 aromatic carbocycles. The van der Waals surface area contributed by atoms with Gasteiger partial charge < -0.3 is 15.9 Å². The molecule has 14 heavy (non-hydrogen) atoms. The Balaban J connectivity index is 0.00000169. The third-order valence-corrected chi connectivity index (χ3v) is 2.10. The summed E-state index contributed by atoms with van der Waals surface area (Å²) >= 11 is 0. The Morgan fingerprint density at radius 2 is 2.07 bits per heavy atom. The Hall–Kier alpha value is -0.510. The van der Waals surface area contributed by atoms with E-state index >= 15 is 0 Å². The molecule has 1 aromatic heterocycles. The molecule has 0 aliphatic rings. The maximum absolute atomic E-state index is 5.91. The van der Waals surface area contributed by atoms with Gasteiger partial charge in [-0.2, -0.15) is 0 Å². The zero-order chi connectivity index (χ0) is 9.68. The lowest BCUT2D eigenvalue weighted by molar-refractivity contribution is 0.427. The average molecular weight is 219 g/mol. The molecule has 1 heterocycles. The van der Waals surface area contributed by atoms with Crippen molar-refractivity contribution in [2.75, 3.05) is 6.54 Å². The number of furan rings is 1. The van der Waals surface area contributed by atoms with Crippen molar-refractivity contribution in [3.8, 4) is 0 Å². The zero-order valence-corrected chi connectivity index (χ0v) is 9.35. The van der Waals surface area contributed by atoms with Gasteiger partial charge in [-0.15, -0.1) is 12.4 Å². The number of aryl methyl sites for hydroxylation is 1. The molecular formula is C10H19ClN2O. The van der Waals surface area contributed by atoms with Gasteiger partial charge in [-0.05, 0) is 38.4 Å². The molecule has 1 rings (SSSR count). The standard InChI is InChI=1S/C10H18N2O.ClH/c1-8-5-6-10(13-8)9(12)4-2-3-7-11;/h5-6,9H,2-4,7,11-12H2,1H3;1H/t9-;/m0./s1. The molecular weight excluding hydrogens is 200 g/mol. The van der Waals surface area contributed by atoms with Crippen LogP contribution in [0.25, 0.3) is 0 Å². The predicted molar refractivity (Wildman–Crippen MR) is 60.5 cm³/mol. The molecule has 0 aliphatic heterocycles. The molecule has 4 N–H and O–H groups in total. The summed E-state index contributed by atoms with van der Waals surface area (Å²) in [5.41, 5.74) is 11.3. The lowest BCUT2D eigenvalue weighted by atomic mass is 10.1. The molecule has 0 unspecified atom stereocenters. The van der Waals surface area contributed by atoms with Crippen molar-refractivity contribution in [3.05, 3.63) is 23.7 Å². The Morgan fingerprint density at radius 1 is 1.36 bits per heavy atom. The van der Waals surface area contributed by atoms with Crippen molar-refractivity contribution >= 4 is 12.4 Å². The first-order chi connectivity index (χ1) is 6.24. The van der Waals surface area contributed by atoms with Crippen LogP contribution in [-0.2, 0) is 0 Å². The van der Waals surface area contributed by atoms with Gasteiger partial charge in [-0.1, -0.05) is 6.42 Å². The number of nitrogens with two attached hydrogens (primary N) is 2. The smallest absolute Gasteiger partial charge is 0.120 e. The summed E-state index contributed by atoms with van der Waals surface area (Å²) in [4.78, 5) is 0. The molecule has 0 fully saturated rings. The van der Waals surface area contributed by atoms with Crippen molar-refractivity contribution in [3.63, 3.8) is 0 Å². The molecule has 0 bridgehead atoms. The molecule has 0 radical (unpaired) electrons. The maximum atomic E-state index is 5.91. The van der Waals surface area contributed by atoms with E-state index in [1.807, 2.05) is 19.1 Å². The highest BCUT2D eigenvalue weighted by molar-refractivity contribution is 5.85. The fourth-order valence-corrected chi connectivity index (χ4v) is 1.30.